The summed E-state index contributed by atoms with van der Waals surface area (Å²) in [5.74, 6) is -0.118. The van der Waals surface area contributed by atoms with Crippen molar-refractivity contribution >= 4 is 39.7 Å². The number of hydrogen-bond acceptors (Lipinski definition) is 6. The number of rotatable bonds is 10. The number of ether oxygens (including phenoxy) is 2. The van der Waals surface area contributed by atoms with E-state index in [2.05, 4.69) is 0 Å². The molecule has 0 atom stereocenters. The molecule has 0 unspecified atom stereocenters. The van der Waals surface area contributed by atoms with E-state index in [-0.39, 0.29) is 17.3 Å². The molecule has 0 bridgehead atoms. The second kappa shape index (κ2) is 13.2. The number of carbonyl (C=O) groups is 2. The van der Waals surface area contributed by atoms with Crippen LogP contribution >= 0.6 is 11.6 Å². The summed E-state index contributed by atoms with van der Waals surface area (Å²) in [7, 11) is -3.58. The fraction of sp³-hybridized carbons (Fsp3) is 0.360. The summed E-state index contributed by atoms with van der Waals surface area (Å²) < 4.78 is 36.1. The van der Waals surface area contributed by atoms with Crippen molar-refractivity contribution < 1.29 is 27.5 Å². The predicted octanol–water partition coefficient (Wildman–Crippen LogP) is 5.61. The summed E-state index contributed by atoms with van der Waals surface area (Å²) in [6.07, 6.45) is 0.214. The van der Waals surface area contributed by atoms with E-state index in [1.807, 2.05) is 27.7 Å². The lowest BCUT2D eigenvalue weighted by Gasteiger charge is -2.21. The molecule has 0 aliphatic carbocycles. The molecule has 0 aliphatic rings. The second-order valence-corrected chi connectivity index (χ2v) is 9.85. The highest BCUT2D eigenvalue weighted by atomic mass is 35.5. The van der Waals surface area contributed by atoms with E-state index in [0.29, 0.717) is 42.3 Å². The molecular formula is C25H31ClN2O6S. The largest absolute Gasteiger partial charge is 0.415 e. The van der Waals surface area contributed by atoms with Gasteiger partial charge in [0.05, 0.1) is 5.75 Å². The lowest BCUT2D eigenvalue weighted by molar-refractivity contribution is 0.146. The van der Waals surface area contributed by atoms with Crippen molar-refractivity contribution in [3.8, 4) is 11.5 Å². The van der Waals surface area contributed by atoms with Gasteiger partial charge in [0.1, 0.15) is 0 Å². The van der Waals surface area contributed by atoms with Crippen molar-refractivity contribution in [2.75, 3.05) is 26.2 Å². The van der Waals surface area contributed by atoms with Crippen molar-refractivity contribution in [3.63, 3.8) is 0 Å². The van der Waals surface area contributed by atoms with Crippen molar-refractivity contribution in [1.29, 1.82) is 0 Å². The van der Waals surface area contributed by atoms with Gasteiger partial charge in [-0.1, -0.05) is 29.8 Å². The van der Waals surface area contributed by atoms with Gasteiger partial charge >= 0.3 is 12.2 Å². The second-order valence-electron chi connectivity index (χ2n) is 7.52. The first kappa shape index (κ1) is 28.2. The van der Waals surface area contributed by atoms with Crippen LogP contribution in [0.2, 0.25) is 5.02 Å². The van der Waals surface area contributed by atoms with Crippen LogP contribution in [-0.2, 0) is 15.6 Å². The third-order valence-corrected chi connectivity index (χ3v) is 6.69. The van der Waals surface area contributed by atoms with Gasteiger partial charge in [0.25, 0.3) is 0 Å². The van der Waals surface area contributed by atoms with E-state index in [0.717, 1.165) is 5.41 Å². The zero-order valence-corrected chi connectivity index (χ0v) is 21.9. The van der Waals surface area contributed by atoms with Gasteiger partial charge in [0.2, 0.25) is 0 Å². The molecule has 0 saturated carbocycles. The van der Waals surface area contributed by atoms with Gasteiger partial charge in [0, 0.05) is 36.6 Å². The zero-order valence-electron chi connectivity index (χ0n) is 20.4. The fourth-order valence-electron chi connectivity index (χ4n) is 3.12. The normalized spacial score (nSPS) is 11.3. The molecular weight excluding hydrogens is 492 g/mol. The first-order valence-electron chi connectivity index (χ1n) is 11.3. The topological polar surface area (TPSA) is 93.2 Å². The SMILES string of the molecule is CCN(CC)C(=O)Oc1ccc(/C=C/S(=O)(=O)Cc2ccc(Cl)cc2)cc1OC(=O)N(CC)CC. The van der Waals surface area contributed by atoms with Gasteiger partial charge in [-0.2, -0.15) is 0 Å². The summed E-state index contributed by atoms with van der Waals surface area (Å²) >= 11 is 5.85. The van der Waals surface area contributed by atoms with Crippen LogP contribution in [-0.4, -0.2) is 56.6 Å². The van der Waals surface area contributed by atoms with Crippen LogP contribution in [0, 0.1) is 0 Å². The third-order valence-electron chi connectivity index (χ3n) is 5.15. The van der Waals surface area contributed by atoms with Crippen molar-refractivity contribution in [3.05, 3.63) is 64.0 Å². The Balaban J connectivity index is 2.31. The van der Waals surface area contributed by atoms with E-state index in [9.17, 15) is 18.0 Å². The molecule has 2 aromatic carbocycles. The Bertz CT molecular complexity index is 1140. The highest BCUT2D eigenvalue weighted by Crippen LogP contribution is 2.30. The minimum atomic E-state index is -3.58. The maximum Gasteiger partial charge on any atom is 0.415 e. The smallest absolute Gasteiger partial charge is 0.406 e. The molecule has 0 aromatic heterocycles. The van der Waals surface area contributed by atoms with E-state index >= 15 is 0 Å². The van der Waals surface area contributed by atoms with Gasteiger partial charge < -0.3 is 19.3 Å². The average molecular weight is 523 g/mol. The molecule has 0 heterocycles. The summed E-state index contributed by atoms with van der Waals surface area (Å²) in [5.41, 5.74) is 1.06. The molecule has 8 nitrogen and oxygen atoms in total. The minimum Gasteiger partial charge on any atom is -0.406 e. The summed E-state index contributed by atoms with van der Waals surface area (Å²) in [6.45, 7) is 9.06. The predicted molar refractivity (Wildman–Crippen MR) is 137 cm³/mol. The van der Waals surface area contributed by atoms with Crippen molar-refractivity contribution in [1.82, 2.24) is 9.80 Å². The first-order valence-corrected chi connectivity index (χ1v) is 13.4. The summed E-state index contributed by atoms with van der Waals surface area (Å²) in [6, 6.07) is 11.1. The maximum absolute atomic E-state index is 12.6. The molecule has 2 amide bonds. The lowest BCUT2D eigenvalue weighted by Crippen LogP contribution is -2.34. The van der Waals surface area contributed by atoms with Crippen molar-refractivity contribution in [2.45, 2.75) is 33.4 Å². The Labute approximate surface area is 212 Å². The Morgan fingerprint density at radius 2 is 1.34 bits per heavy atom. The minimum absolute atomic E-state index is 0.0136. The molecule has 0 N–H and O–H groups in total. The van der Waals surface area contributed by atoms with Crippen LogP contribution in [0.1, 0.15) is 38.8 Å². The molecule has 0 fully saturated rings. The Hall–Kier alpha value is -3.04. The lowest BCUT2D eigenvalue weighted by atomic mass is 10.2. The highest BCUT2D eigenvalue weighted by molar-refractivity contribution is 7.93. The van der Waals surface area contributed by atoms with Crippen LogP contribution < -0.4 is 9.47 Å². The molecule has 0 aliphatic heterocycles. The van der Waals surface area contributed by atoms with Crippen LogP contribution in [0.3, 0.4) is 0 Å². The van der Waals surface area contributed by atoms with Gasteiger partial charge in [-0.15, -0.1) is 0 Å². The third kappa shape index (κ3) is 8.60. The molecule has 2 rings (SSSR count). The molecule has 0 spiro atoms. The number of amides is 2. The van der Waals surface area contributed by atoms with Crippen LogP contribution in [0.4, 0.5) is 9.59 Å². The van der Waals surface area contributed by atoms with E-state index < -0.39 is 22.0 Å². The quantitative estimate of drug-likeness (QED) is 0.403. The van der Waals surface area contributed by atoms with E-state index in [4.69, 9.17) is 21.1 Å². The Kier molecular flexibility index (Phi) is 10.6. The average Bonchev–Trinajstić information content (AvgIpc) is 2.82. The molecule has 10 heteroatoms. The van der Waals surface area contributed by atoms with Gasteiger partial charge in [-0.05, 0) is 69.2 Å². The fourth-order valence-corrected chi connectivity index (χ4v) is 4.36. The standard InChI is InChI=1S/C25H31ClN2O6S/c1-5-27(6-2)24(29)33-22-14-11-19(17-23(22)34-25(30)28(7-3)8-4)15-16-35(31,32)18-20-9-12-21(26)13-10-20/h9-17H,5-8,18H2,1-4H3/b16-15+. The summed E-state index contributed by atoms with van der Waals surface area (Å²) in [4.78, 5) is 27.9. The molecule has 190 valence electrons. The first-order chi connectivity index (χ1) is 16.6. The summed E-state index contributed by atoms with van der Waals surface area (Å²) in [5, 5.41) is 1.62. The number of nitrogens with zero attached hydrogens (tertiary/aromatic N) is 2. The molecule has 35 heavy (non-hydrogen) atoms. The molecule has 0 radical (unpaired) electrons. The number of hydrogen-bond donors (Lipinski definition) is 0. The zero-order chi connectivity index (χ0) is 26.0. The van der Waals surface area contributed by atoms with Gasteiger partial charge in [-0.3, -0.25) is 0 Å². The Morgan fingerprint density at radius 1 is 0.829 bits per heavy atom. The maximum atomic E-state index is 12.6. The number of sulfone groups is 1. The van der Waals surface area contributed by atoms with Crippen LogP contribution in [0.15, 0.2) is 47.9 Å². The molecule has 2 aromatic rings. The number of benzene rings is 2. The molecule has 0 saturated heterocycles. The van der Waals surface area contributed by atoms with E-state index in [1.165, 1.54) is 28.0 Å². The van der Waals surface area contributed by atoms with E-state index in [1.54, 1.807) is 30.3 Å². The van der Waals surface area contributed by atoms with Gasteiger partial charge in [-0.25, -0.2) is 18.0 Å². The van der Waals surface area contributed by atoms with Crippen LogP contribution in [0.5, 0.6) is 11.5 Å². The van der Waals surface area contributed by atoms with Crippen molar-refractivity contribution in [2.24, 2.45) is 0 Å². The highest BCUT2D eigenvalue weighted by Gasteiger charge is 2.20. The monoisotopic (exact) mass is 522 g/mol. The Morgan fingerprint density at radius 3 is 1.86 bits per heavy atom. The number of carbonyl (C=O) groups excluding carboxylic acids is 2. The van der Waals surface area contributed by atoms with Gasteiger partial charge in [0.15, 0.2) is 21.3 Å². The number of halogens is 1. The van der Waals surface area contributed by atoms with Crippen LogP contribution in [0.25, 0.3) is 6.08 Å².